The van der Waals surface area contributed by atoms with E-state index in [2.05, 4.69) is 26.7 Å². The lowest BCUT2D eigenvalue weighted by atomic mass is 10.0. The number of rotatable bonds is 6. The first kappa shape index (κ1) is 19.1. The SMILES string of the molecule is Cc1ccc(-c2ccc(S(=O)(=O)NCC3CCCN3c3nccs3)cc2)cc1. The Labute approximate surface area is 170 Å². The molecule has 2 aromatic carbocycles. The molecular weight excluding hydrogens is 390 g/mol. The van der Waals surface area contributed by atoms with Gasteiger partial charge in [0.25, 0.3) is 0 Å². The number of nitrogens with one attached hydrogen (secondary N) is 1. The standard InChI is InChI=1S/C21H23N3O2S2/c1-16-4-6-17(7-5-16)18-8-10-20(11-9-18)28(25,26)23-15-19-3-2-13-24(19)21-22-12-14-27-21/h4-12,14,19,23H,2-3,13,15H2,1H3. The summed E-state index contributed by atoms with van der Waals surface area (Å²) in [6.07, 6.45) is 3.81. The Bertz CT molecular complexity index is 1010. The van der Waals surface area contributed by atoms with Gasteiger partial charge in [-0.05, 0) is 43.0 Å². The minimum absolute atomic E-state index is 0.146. The summed E-state index contributed by atoms with van der Waals surface area (Å²) in [5.41, 5.74) is 3.28. The van der Waals surface area contributed by atoms with Gasteiger partial charge in [-0.15, -0.1) is 11.3 Å². The fourth-order valence-corrected chi connectivity index (χ4v) is 5.33. The van der Waals surface area contributed by atoms with Crippen LogP contribution in [0.15, 0.2) is 65.0 Å². The van der Waals surface area contributed by atoms with Gasteiger partial charge in [0.05, 0.1) is 4.90 Å². The quantitative estimate of drug-likeness (QED) is 0.662. The summed E-state index contributed by atoms with van der Waals surface area (Å²) < 4.78 is 28.2. The van der Waals surface area contributed by atoms with Crippen molar-refractivity contribution >= 4 is 26.5 Å². The van der Waals surface area contributed by atoms with Crippen LogP contribution in [0.25, 0.3) is 11.1 Å². The van der Waals surface area contributed by atoms with Crippen LogP contribution in [-0.2, 0) is 10.0 Å². The van der Waals surface area contributed by atoms with E-state index < -0.39 is 10.0 Å². The Morgan fingerprint density at radius 1 is 1.11 bits per heavy atom. The van der Waals surface area contributed by atoms with Crippen molar-refractivity contribution in [2.45, 2.75) is 30.7 Å². The third-order valence-corrected chi connectivity index (χ3v) is 7.35. The van der Waals surface area contributed by atoms with Crippen LogP contribution in [0.2, 0.25) is 0 Å². The lowest BCUT2D eigenvalue weighted by molar-refractivity contribution is 0.567. The van der Waals surface area contributed by atoms with Gasteiger partial charge in [-0.3, -0.25) is 0 Å². The number of aromatic nitrogens is 1. The first-order chi connectivity index (χ1) is 13.5. The highest BCUT2D eigenvalue weighted by molar-refractivity contribution is 7.89. The zero-order valence-electron chi connectivity index (χ0n) is 15.7. The molecular formula is C21H23N3O2S2. The Kier molecular flexibility index (Phi) is 5.48. The molecule has 7 heteroatoms. The van der Waals surface area contributed by atoms with E-state index in [1.807, 2.05) is 36.6 Å². The van der Waals surface area contributed by atoms with E-state index in [0.717, 1.165) is 35.6 Å². The average molecular weight is 414 g/mol. The summed E-state index contributed by atoms with van der Waals surface area (Å²) in [6.45, 7) is 3.36. The summed E-state index contributed by atoms with van der Waals surface area (Å²) in [7, 11) is -3.54. The van der Waals surface area contributed by atoms with Crippen molar-refractivity contribution < 1.29 is 8.42 Å². The molecule has 1 atom stereocenters. The maximum atomic E-state index is 12.7. The zero-order chi connectivity index (χ0) is 19.6. The lowest BCUT2D eigenvalue weighted by Crippen LogP contribution is -2.40. The van der Waals surface area contributed by atoms with Crippen LogP contribution >= 0.6 is 11.3 Å². The molecule has 1 aromatic heterocycles. The van der Waals surface area contributed by atoms with E-state index in [1.54, 1.807) is 29.7 Å². The molecule has 3 aromatic rings. The predicted molar refractivity (Wildman–Crippen MR) is 114 cm³/mol. The topological polar surface area (TPSA) is 62.3 Å². The molecule has 0 aliphatic carbocycles. The molecule has 1 fully saturated rings. The maximum absolute atomic E-state index is 12.7. The van der Waals surface area contributed by atoms with Gasteiger partial charge >= 0.3 is 0 Å². The largest absolute Gasteiger partial charge is 0.344 e. The highest BCUT2D eigenvalue weighted by Gasteiger charge is 2.27. The summed E-state index contributed by atoms with van der Waals surface area (Å²) >= 11 is 1.59. The fraction of sp³-hybridized carbons (Fsp3) is 0.286. The number of nitrogens with zero attached hydrogens (tertiary/aromatic N) is 2. The number of sulfonamides is 1. The molecule has 0 saturated carbocycles. The fourth-order valence-electron chi connectivity index (χ4n) is 3.52. The van der Waals surface area contributed by atoms with Gasteiger partial charge in [0.2, 0.25) is 10.0 Å². The molecule has 0 radical (unpaired) electrons. The van der Waals surface area contributed by atoms with Crippen molar-refractivity contribution in [1.82, 2.24) is 9.71 Å². The second-order valence-electron chi connectivity index (χ2n) is 7.05. The highest BCUT2D eigenvalue weighted by atomic mass is 32.2. The van der Waals surface area contributed by atoms with Crippen molar-refractivity contribution in [3.05, 3.63) is 65.7 Å². The maximum Gasteiger partial charge on any atom is 0.240 e. The van der Waals surface area contributed by atoms with E-state index in [0.29, 0.717) is 11.4 Å². The van der Waals surface area contributed by atoms with E-state index in [9.17, 15) is 8.42 Å². The molecule has 0 amide bonds. The van der Waals surface area contributed by atoms with Crippen LogP contribution in [0.3, 0.4) is 0 Å². The molecule has 146 valence electrons. The summed E-state index contributed by atoms with van der Waals surface area (Å²) in [5.74, 6) is 0. The third kappa shape index (κ3) is 4.11. The minimum atomic E-state index is -3.54. The van der Waals surface area contributed by atoms with Gasteiger partial charge < -0.3 is 4.90 Å². The minimum Gasteiger partial charge on any atom is -0.344 e. The monoisotopic (exact) mass is 413 g/mol. The molecule has 1 aliphatic heterocycles. The van der Waals surface area contributed by atoms with Crippen molar-refractivity contribution in [1.29, 1.82) is 0 Å². The smallest absolute Gasteiger partial charge is 0.240 e. The number of hydrogen-bond acceptors (Lipinski definition) is 5. The van der Waals surface area contributed by atoms with Crippen LogP contribution in [0.4, 0.5) is 5.13 Å². The average Bonchev–Trinajstić information content (AvgIpc) is 3.38. The van der Waals surface area contributed by atoms with Crippen LogP contribution in [0.1, 0.15) is 18.4 Å². The Balaban J connectivity index is 1.44. The van der Waals surface area contributed by atoms with E-state index in [-0.39, 0.29) is 6.04 Å². The Morgan fingerprint density at radius 2 is 1.79 bits per heavy atom. The second kappa shape index (κ2) is 8.03. The number of anilines is 1. The van der Waals surface area contributed by atoms with Crippen molar-refractivity contribution in [2.75, 3.05) is 18.0 Å². The summed E-state index contributed by atoms with van der Waals surface area (Å²) in [4.78, 5) is 6.86. The van der Waals surface area contributed by atoms with Gasteiger partial charge in [-0.2, -0.15) is 0 Å². The van der Waals surface area contributed by atoms with Crippen LogP contribution in [-0.4, -0.2) is 32.5 Å². The number of thiazole rings is 1. The van der Waals surface area contributed by atoms with Crippen molar-refractivity contribution in [3.8, 4) is 11.1 Å². The molecule has 0 bridgehead atoms. The summed E-state index contributed by atoms with van der Waals surface area (Å²) in [6, 6.07) is 15.4. The van der Waals surface area contributed by atoms with E-state index >= 15 is 0 Å². The van der Waals surface area contributed by atoms with Crippen molar-refractivity contribution in [3.63, 3.8) is 0 Å². The van der Waals surface area contributed by atoms with Crippen molar-refractivity contribution in [2.24, 2.45) is 0 Å². The molecule has 1 unspecified atom stereocenters. The van der Waals surface area contributed by atoms with Crippen LogP contribution in [0.5, 0.6) is 0 Å². The molecule has 1 aliphatic rings. The lowest BCUT2D eigenvalue weighted by Gasteiger charge is -2.24. The molecule has 1 N–H and O–H groups in total. The zero-order valence-corrected chi connectivity index (χ0v) is 17.3. The molecule has 4 rings (SSSR count). The predicted octanol–water partition coefficient (Wildman–Crippen LogP) is 4.07. The third-order valence-electron chi connectivity index (χ3n) is 5.10. The summed E-state index contributed by atoms with van der Waals surface area (Å²) in [5, 5.41) is 2.91. The number of aryl methyl sites for hydroxylation is 1. The molecule has 0 spiro atoms. The van der Waals surface area contributed by atoms with Gasteiger partial charge in [-0.1, -0.05) is 42.0 Å². The number of benzene rings is 2. The molecule has 28 heavy (non-hydrogen) atoms. The highest BCUT2D eigenvalue weighted by Crippen LogP contribution is 2.27. The van der Waals surface area contributed by atoms with Gasteiger partial charge in [-0.25, -0.2) is 18.1 Å². The van der Waals surface area contributed by atoms with E-state index in [1.165, 1.54) is 5.56 Å². The van der Waals surface area contributed by atoms with Gasteiger partial charge in [0, 0.05) is 30.7 Å². The second-order valence-corrected chi connectivity index (χ2v) is 9.69. The molecule has 2 heterocycles. The first-order valence-corrected chi connectivity index (χ1v) is 11.7. The first-order valence-electron chi connectivity index (χ1n) is 9.36. The Morgan fingerprint density at radius 3 is 2.43 bits per heavy atom. The Hall–Kier alpha value is -2.22. The normalized spacial score (nSPS) is 17.2. The molecule has 5 nitrogen and oxygen atoms in total. The van der Waals surface area contributed by atoms with Crippen LogP contribution in [0, 0.1) is 6.92 Å². The molecule has 1 saturated heterocycles. The van der Waals surface area contributed by atoms with E-state index in [4.69, 9.17) is 0 Å². The van der Waals surface area contributed by atoms with Gasteiger partial charge in [0.1, 0.15) is 0 Å². The number of hydrogen-bond donors (Lipinski definition) is 1. The van der Waals surface area contributed by atoms with Crippen LogP contribution < -0.4 is 9.62 Å². The van der Waals surface area contributed by atoms with Gasteiger partial charge in [0.15, 0.2) is 5.13 Å².